The van der Waals surface area contributed by atoms with Crippen LogP contribution in [0.2, 0.25) is 0 Å². The average molecular weight is 825 g/mol. The fourth-order valence-corrected chi connectivity index (χ4v) is 8.52. The van der Waals surface area contributed by atoms with E-state index in [2.05, 4.69) is 44.9 Å². The lowest BCUT2D eigenvalue weighted by atomic mass is 9.98. The van der Waals surface area contributed by atoms with Gasteiger partial charge in [0, 0.05) is 18.7 Å². The molecule has 4 amide bonds. The Labute approximate surface area is 351 Å². The molecule has 0 unspecified atom stereocenters. The van der Waals surface area contributed by atoms with Crippen molar-refractivity contribution >= 4 is 45.7 Å². The van der Waals surface area contributed by atoms with Crippen LogP contribution in [0.4, 0.5) is 9.59 Å². The Morgan fingerprint density at radius 3 is 2.02 bits per heavy atom. The highest BCUT2D eigenvalue weighted by molar-refractivity contribution is 5.92. The number of methoxy groups -OCH3 is 2. The number of fused-ring (bicyclic) bond motifs is 2. The zero-order valence-electron chi connectivity index (χ0n) is 34.4. The molecule has 4 aromatic carbocycles. The number of alkyl carbamates (subject to hydrolysis) is 2. The SMILES string of the molecule is COC(=O)N[C@@H](C(=O)N1CCC[C@H]1c1nc2cc(-c3ccc4cc(-c5cnc([C@H]6CCCN6C(=O)[C@H](NC(=O)OC)C(C)C)[nH]5)ccc4c3)ccc2c(=O)[nH]1)c1ccccc1. The molecule has 314 valence electrons. The first-order chi connectivity index (χ1) is 29.5. The quantitative estimate of drug-likeness (QED) is 0.113. The van der Waals surface area contributed by atoms with E-state index in [1.165, 1.54) is 14.2 Å². The van der Waals surface area contributed by atoms with Gasteiger partial charge in [-0.2, -0.15) is 0 Å². The second kappa shape index (κ2) is 17.3. The van der Waals surface area contributed by atoms with Crippen LogP contribution in [0.25, 0.3) is 44.1 Å². The Morgan fingerprint density at radius 1 is 0.721 bits per heavy atom. The van der Waals surface area contributed by atoms with E-state index in [0.29, 0.717) is 54.0 Å². The number of H-pyrrole nitrogens is 2. The number of nitrogens with zero attached hydrogens (tertiary/aromatic N) is 4. The van der Waals surface area contributed by atoms with Crippen molar-refractivity contribution < 1.29 is 28.7 Å². The molecule has 2 aromatic heterocycles. The van der Waals surface area contributed by atoms with E-state index < -0.39 is 30.3 Å². The maximum absolute atomic E-state index is 14.0. The van der Waals surface area contributed by atoms with Gasteiger partial charge in [0.2, 0.25) is 5.91 Å². The number of aromatic nitrogens is 4. The Balaban J connectivity index is 1.02. The van der Waals surface area contributed by atoms with E-state index in [1.807, 2.05) is 44.2 Å². The van der Waals surface area contributed by atoms with Gasteiger partial charge in [-0.3, -0.25) is 14.4 Å². The minimum atomic E-state index is -0.976. The van der Waals surface area contributed by atoms with E-state index in [4.69, 9.17) is 19.4 Å². The summed E-state index contributed by atoms with van der Waals surface area (Å²) in [6, 6.07) is 24.5. The molecule has 0 saturated carbocycles. The van der Waals surface area contributed by atoms with E-state index in [-0.39, 0.29) is 29.3 Å². The van der Waals surface area contributed by atoms with E-state index in [9.17, 15) is 24.0 Å². The minimum absolute atomic E-state index is 0.126. The molecule has 2 aliphatic rings. The molecule has 4 atom stereocenters. The maximum Gasteiger partial charge on any atom is 0.407 e. The van der Waals surface area contributed by atoms with Crippen LogP contribution in [0.1, 0.15) is 74.9 Å². The number of carbonyl (C=O) groups is 4. The van der Waals surface area contributed by atoms with E-state index in [0.717, 1.165) is 46.0 Å². The zero-order valence-corrected chi connectivity index (χ0v) is 34.4. The first kappa shape index (κ1) is 40.7. The first-order valence-electron chi connectivity index (χ1n) is 20.5. The number of amides is 4. The van der Waals surface area contributed by atoms with Crippen molar-refractivity contribution in [3.8, 4) is 22.4 Å². The zero-order chi connectivity index (χ0) is 42.8. The van der Waals surface area contributed by atoms with Crippen molar-refractivity contribution in [2.24, 2.45) is 5.92 Å². The molecule has 4 N–H and O–H groups in total. The van der Waals surface area contributed by atoms with Gasteiger partial charge in [-0.1, -0.05) is 74.5 Å². The highest BCUT2D eigenvalue weighted by atomic mass is 16.5. The summed E-state index contributed by atoms with van der Waals surface area (Å²) >= 11 is 0. The van der Waals surface area contributed by atoms with Crippen molar-refractivity contribution in [1.82, 2.24) is 40.4 Å². The van der Waals surface area contributed by atoms with Gasteiger partial charge in [0.05, 0.1) is 49.1 Å². The molecule has 0 spiro atoms. The highest BCUT2D eigenvalue weighted by Gasteiger charge is 2.39. The molecule has 2 aliphatic heterocycles. The number of imidazole rings is 1. The third-order valence-corrected chi connectivity index (χ3v) is 11.7. The van der Waals surface area contributed by atoms with Gasteiger partial charge in [0.15, 0.2) is 0 Å². The highest BCUT2D eigenvalue weighted by Crippen LogP contribution is 2.36. The monoisotopic (exact) mass is 824 g/mol. The molecule has 4 heterocycles. The number of aromatic amines is 2. The summed E-state index contributed by atoms with van der Waals surface area (Å²) in [7, 11) is 2.53. The molecule has 0 bridgehead atoms. The molecular weight excluding hydrogens is 777 g/mol. The number of likely N-dealkylation sites (tertiary alicyclic amines) is 2. The first-order valence-corrected chi connectivity index (χ1v) is 20.5. The van der Waals surface area contributed by atoms with Crippen molar-refractivity contribution in [3.05, 3.63) is 119 Å². The van der Waals surface area contributed by atoms with E-state index >= 15 is 0 Å². The molecule has 15 heteroatoms. The number of carbonyl (C=O) groups excluding carboxylic acids is 4. The molecule has 2 fully saturated rings. The lowest BCUT2D eigenvalue weighted by Crippen LogP contribution is -2.51. The van der Waals surface area contributed by atoms with Gasteiger partial charge >= 0.3 is 12.2 Å². The van der Waals surface area contributed by atoms with Gasteiger partial charge in [-0.25, -0.2) is 19.6 Å². The van der Waals surface area contributed by atoms with Gasteiger partial charge in [-0.15, -0.1) is 0 Å². The number of hydrogen-bond acceptors (Lipinski definition) is 9. The number of hydrogen-bond donors (Lipinski definition) is 4. The molecule has 61 heavy (non-hydrogen) atoms. The smallest absolute Gasteiger partial charge is 0.407 e. The van der Waals surface area contributed by atoms with Gasteiger partial charge < -0.3 is 39.9 Å². The van der Waals surface area contributed by atoms with Crippen LogP contribution in [-0.2, 0) is 19.1 Å². The topological polar surface area (TPSA) is 192 Å². The summed E-state index contributed by atoms with van der Waals surface area (Å²) in [5.74, 6) is 0.483. The minimum Gasteiger partial charge on any atom is -0.453 e. The van der Waals surface area contributed by atoms with Gasteiger partial charge in [0.1, 0.15) is 23.7 Å². The van der Waals surface area contributed by atoms with Crippen LogP contribution in [0.5, 0.6) is 0 Å². The van der Waals surface area contributed by atoms with Gasteiger partial charge in [0.25, 0.3) is 11.5 Å². The Kier molecular flexibility index (Phi) is 11.5. The number of rotatable bonds is 10. The predicted octanol–water partition coefficient (Wildman–Crippen LogP) is 6.94. The van der Waals surface area contributed by atoms with Crippen molar-refractivity contribution in [3.63, 3.8) is 0 Å². The predicted molar refractivity (Wildman–Crippen MR) is 229 cm³/mol. The number of nitrogens with one attached hydrogen (secondary N) is 4. The summed E-state index contributed by atoms with van der Waals surface area (Å²) in [5.41, 5.74) is 4.42. The second-order valence-corrected chi connectivity index (χ2v) is 15.9. The molecule has 8 rings (SSSR count). The third-order valence-electron chi connectivity index (χ3n) is 11.7. The fraction of sp³-hybridized carbons (Fsp3) is 0.326. The van der Waals surface area contributed by atoms with Crippen LogP contribution in [0.15, 0.2) is 95.9 Å². The standard InChI is InChI=1S/C46H48N8O7/c1-26(2)38(50-45(58)60-3)43(56)53-20-8-12-36(53)40-47-25-35(49-40)32-17-16-28-22-29(14-15-30(28)23-32)31-18-19-33-34(24-31)48-41(52-42(33)55)37-13-9-21-54(37)44(57)39(51-46(59)61-4)27-10-6-5-7-11-27/h5-7,10-11,14-19,22-26,36-39H,8-9,12-13,20-21H2,1-4H3,(H,47,49)(H,50,58)(H,51,59)(H,48,52,55)/t36-,37+,38-,39-/m1/s1. The average Bonchev–Trinajstić information content (AvgIpc) is 4.08. The molecule has 0 radical (unpaired) electrons. The van der Waals surface area contributed by atoms with Crippen LogP contribution in [0.3, 0.4) is 0 Å². The lowest BCUT2D eigenvalue weighted by molar-refractivity contribution is -0.135. The summed E-state index contributed by atoms with van der Waals surface area (Å²) in [5, 5.41) is 7.83. The number of benzene rings is 4. The van der Waals surface area contributed by atoms with E-state index in [1.54, 1.807) is 46.3 Å². The third kappa shape index (κ3) is 8.27. The Bertz CT molecular complexity index is 2680. The van der Waals surface area contributed by atoms with Crippen LogP contribution >= 0.6 is 0 Å². The summed E-state index contributed by atoms with van der Waals surface area (Å²) < 4.78 is 9.59. The van der Waals surface area contributed by atoms with Crippen molar-refractivity contribution in [2.45, 2.75) is 63.7 Å². The molecular formula is C46H48N8O7. The van der Waals surface area contributed by atoms with Crippen molar-refractivity contribution in [1.29, 1.82) is 0 Å². The summed E-state index contributed by atoms with van der Waals surface area (Å²) in [4.78, 5) is 84.9. The number of ether oxygens (including phenoxy) is 2. The maximum atomic E-state index is 14.0. The Morgan fingerprint density at radius 2 is 1.33 bits per heavy atom. The second-order valence-electron chi connectivity index (χ2n) is 15.9. The van der Waals surface area contributed by atoms with Crippen LogP contribution in [0, 0.1) is 5.92 Å². The normalized spacial score (nSPS) is 17.4. The molecule has 2 saturated heterocycles. The largest absolute Gasteiger partial charge is 0.453 e. The summed E-state index contributed by atoms with van der Waals surface area (Å²) in [6.07, 6.45) is 3.31. The van der Waals surface area contributed by atoms with Crippen molar-refractivity contribution in [2.75, 3.05) is 27.3 Å². The molecule has 6 aromatic rings. The molecule has 0 aliphatic carbocycles. The summed E-state index contributed by atoms with van der Waals surface area (Å²) in [6.45, 7) is 4.79. The van der Waals surface area contributed by atoms with Crippen LogP contribution < -0.4 is 16.2 Å². The fourth-order valence-electron chi connectivity index (χ4n) is 8.52. The molecule has 15 nitrogen and oxygen atoms in total. The lowest BCUT2D eigenvalue weighted by Gasteiger charge is -2.30. The Hall–Kier alpha value is -7.03. The van der Waals surface area contributed by atoms with Gasteiger partial charge in [-0.05, 0) is 83.3 Å². The van der Waals surface area contributed by atoms with Crippen LogP contribution in [-0.4, -0.2) is 87.1 Å².